The normalized spacial score (nSPS) is 13.1. The Kier molecular flexibility index (Phi) is 9.85. The summed E-state index contributed by atoms with van der Waals surface area (Å²) in [4.78, 5) is 36.4. The molecule has 1 aromatic carbocycles. The molecule has 0 saturated carbocycles. The Bertz CT molecular complexity index is 676. The second-order valence-corrected chi connectivity index (χ2v) is 7.96. The number of esters is 1. The third kappa shape index (κ3) is 8.21. The largest absolute Gasteiger partial charge is 0.481 e. The van der Waals surface area contributed by atoms with Gasteiger partial charge in [-0.1, -0.05) is 39.8 Å². The molecule has 2 N–H and O–H groups in total. The molecule has 0 bridgehead atoms. The second kappa shape index (κ2) is 11.6. The van der Waals surface area contributed by atoms with E-state index in [9.17, 15) is 19.5 Å². The fourth-order valence-corrected chi connectivity index (χ4v) is 2.72. The molecule has 7 nitrogen and oxygen atoms in total. The Morgan fingerprint density at radius 1 is 1.14 bits per heavy atom. The summed E-state index contributed by atoms with van der Waals surface area (Å²) < 4.78 is 10.3. The van der Waals surface area contributed by atoms with Crippen molar-refractivity contribution >= 4 is 29.8 Å². The lowest BCUT2D eigenvalue weighted by atomic mass is 9.99. The maximum absolute atomic E-state index is 12.1. The van der Waals surface area contributed by atoms with Gasteiger partial charge in [0.25, 0.3) is 6.29 Å². The summed E-state index contributed by atoms with van der Waals surface area (Å²) in [5.74, 6) is -2.87. The Morgan fingerprint density at radius 3 is 2.36 bits per heavy atom. The number of benzene rings is 1. The lowest BCUT2D eigenvalue weighted by molar-refractivity contribution is -0.178. The highest BCUT2D eigenvalue weighted by molar-refractivity contribution is 7.98. The number of amides is 1. The molecule has 0 aliphatic rings. The van der Waals surface area contributed by atoms with Crippen molar-refractivity contribution in [3.63, 3.8) is 0 Å². The number of carbonyl (C=O) groups is 3. The van der Waals surface area contributed by atoms with Crippen molar-refractivity contribution in [1.82, 2.24) is 5.32 Å². The minimum atomic E-state index is -1.03. The summed E-state index contributed by atoms with van der Waals surface area (Å²) in [6, 6.07) is 7.61. The van der Waals surface area contributed by atoms with Gasteiger partial charge in [-0.3, -0.25) is 9.59 Å². The van der Waals surface area contributed by atoms with E-state index in [0.29, 0.717) is 0 Å². The molecular formula is C20H29NO6S. The van der Waals surface area contributed by atoms with Gasteiger partial charge in [-0.25, -0.2) is 4.79 Å². The summed E-state index contributed by atoms with van der Waals surface area (Å²) in [7, 11) is 0. The molecular weight excluding hydrogens is 382 g/mol. The van der Waals surface area contributed by atoms with Crippen LogP contribution in [0.15, 0.2) is 29.2 Å². The number of ether oxygens (including phenoxy) is 2. The van der Waals surface area contributed by atoms with E-state index < -0.39 is 30.2 Å². The van der Waals surface area contributed by atoms with Crippen LogP contribution in [0.25, 0.3) is 0 Å². The fourth-order valence-electron chi connectivity index (χ4n) is 2.23. The number of hydrogen-bond donors (Lipinski definition) is 2. The number of rotatable bonds is 10. The monoisotopic (exact) mass is 411 g/mol. The predicted molar refractivity (Wildman–Crippen MR) is 107 cm³/mol. The number of carboxylic acid groups (broad SMARTS) is 1. The Labute approximate surface area is 170 Å². The van der Waals surface area contributed by atoms with Gasteiger partial charge in [0.15, 0.2) is 0 Å². The van der Waals surface area contributed by atoms with Gasteiger partial charge in [-0.15, -0.1) is 11.8 Å². The molecule has 0 heterocycles. The van der Waals surface area contributed by atoms with Crippen LogP contribution in [0.2, 0.25) is 0 Å². The van der Waals surface area contributed by atoms with Gasteiger partial charge in [-0.05, 0) is 30.4 Å². The number of hydrogen-bond acceptors (Lipinski definition) is 6. The molecule has 156 valence electrons. The molecule has 1 rings (SSSR count). The summed E-state index contributed by atoms with van der Waals surface area (Å²) >= 11 is 1.57. The zero-order valence-electron chi connectivity index (χ0n) is 16.9. The van der Waals surface area contributed by atoms with Gasteiger partial charge < -0.3 is 19.9 Å². The van der Waals surface area contributed by atoms with E-state index in [1.807, 2.05) is 30.5 Å². The number of alkyl carbamates (subject to hydrolysis) is 1. The summed E-state index contributed by atoms with van der Waals surface area (Å²) in [5.41, 5.74) is 0.875. The molecule has 0 aromatic heterocycles. The van der Waals surface area contributed by atoms with Crippen LogP contribution in [0, 0.1) is 17.8 Å². The van der Waals surface area contributed by atoms with Gasteiger partial charge in [0.2, 0.25) is 0 Å². The zero-order valence-corrected chi connectivity index (χ0v) is 17.7. The Hall–Kier alpha value is -2.22. The number of aliphatic carboxylic acids is 1. The number of nitrogens with one attached hydrogen (secondary N) is 1. The van der Waals surface area contributed by atoms with Crippen molar-refractivity contribution in [1.29, 1.82) is 0 Å². The van der Waals surface area contributed by atoms with Crippen LogP contribution in [0.4, 0.5) is 4.79 Å². The SMILES string of the molecule is CSc1cccc(C[C@@H](CNC(=O)O[C@H](OC(=O)C(C)C)C(C)C)C(=O)O)c1. The first-order chi connectivity index (χ1) is 13.1. The lowest BCUT2D eigenvalue weighted by Gasteiger charge is -2.23. The average Bonchev–Trinajstić information content (AvgIpc) is 2.64. The minimum Gasteiger partial charge on any atom is -0.481 e. The van der Waals surface area contributed by atoms with Crippen LogP contribution in [-0.4, -0.2) is 42.2 Å². The highest BCUT2D eigenvalue weighted by atomic mass is 32.2. The van der Waals surface area contributed by atoms with Crippen molar-refractivity contribution < 1.29 is 29.0 Å². The van der Waals surface area contributed by atoms with Gasteiger partial charge in [0.1, 0.15) is 0 Å². The molecule has 0 saturated heterocycles. The van der Waals surface area contributed by atoms with E-state index in [-0.39, 0.29) is 24.8 Å². The van der Waals surface area contributed by atoms with Gasteiger partial charge in [0.05, 0.1) is 11.8 Å². The van der Waals surface area contributed by atoms with Crippen LogP contribution in [0.5, 0.6) is 0 Å². The highest BCUT2D eigenvalue weighted by Gasteiger charge is 2.25. The smallest absolute Gasteiger partial charge is 0.410 e. The first kappa shape index (κ1) is 23.8. The second-order valence-electron chi connectivity index (χ2n) is 7.08. The molecule has 0 spiro atoms. The lowest BCUT2D eigenvalue weighted by Crippen LogP contribution is -2.39. The van der Waals surface area contributed by atoms with Gasteiger partial charge in [-0.2, -0.15) is 0 Å². The van der Waals surface area contributed by atoms with E-state index in [2.05, 4.69) is 5.32 Å². The number of carbonyl (C=O) groups excluding carboxylic acids is 2. The van der Waals surface area contributed by atoms with Crippen molar-refractivity contribution in [2.24, 2.45) is 17.8 Å². The van der Waals surface area contributed by atoms with E-state index in [1.165, 1.54) is 0 Å². The van der Waals surface area contributed by atoms with E-state index in [4.69, 9.17) is 9.47 Å². The van der Waals surface area contributed by atoms with Gasteiger partial charge in [0, 0.05) is 17.4 Å². The molecule has 0 aliphatic heterocycles. The van der Waals surface area contributed by atoms with Gasteiger partial charge >= 0.3 is 18.0 Å². The first-order valence-electron chi connectivity index (χ1n) is 9.14. The van der Waals surface area contributed by atoms with E-state index in [0.717, 1.165) is 10.5 Å². The third-order valence-corrected chi connectivity index (χ3v) is 4.65. The van der Waals surface area contributed by atoms with Crippen LogP contribution < -0.4 is 5.32 Å². The molecule has 0 fully saturated rings. The van der Waals surface area contributed by atoms with Crippen molar-refractivity contribution in [3.8, 4) is 0 Å². The molecule has 2 atom stereocenters. The minimum absolute atomic E-state index is 0.0966. The number of thioether (sulfide) groups is 1. The zero-order chi connectivity index (χ0) is 21.3. The first-order valence-corrected chi connectivity index (χ1v) is 10.4. The highest BCUT2D eigenvalue weighted by Crippen LogP contribution is 2.18. The molecule has 0 aliphatic carbocycles. The molecule has 0 unspecified atom stereocenters. The Morgan fingerprint density at radius 2 is 1.82 bits per heavy atom. The Balaban J connectivity index is 2.64. The molecule has 28 heavy (non-hydrogen) atoms. The molecule has 8 heteroatoms. The summed E-state index contributed by atoms with van der Waals surface area (Å²) in [6.45, 7) is 6.78. The fraction of sp³-hybridized carbons (Fsp3) is 0.550. The third-order valence-electron chi connectivity index (χ3n) is 3.93. The van der Waals surface area contributed by atoms with Crippen LogP contribution in [-0.2, 0) is 25.5 Å². The summed E-state index contributed by atoms with van der Waals surface area (Å²) in [5, 5.41) is 11.9. The molecule has 1 aromatic rings. The quantitative estimate of drug-likeness (QED) is 0.345. The van der Waals surface area contributed by atoms with Crippen molar-refractivity contribution in [3.05, 3.63) is 29.8 Å². The molecule has 1 amide bonds. The van der Waals surface area contributed by atoms with Crippen LogP contribution >= 0.6 is 11.8 Å². The van der Waals surface area contributed by atoms with Crippen LogP contribution in [0.3, 0.4) is 0 Å². The van der Waals surface area contributed by atoms with Crippen molar-refractivity contribution in [2.45, 2.75) is 45.3 Å². The van der Waals surface area contributed by atoms with E-state index in [1.54, 1.807) is 39.5 Å². The van der Waals surface area contributed by atoms with Crippen molar-refractivity contribution in [2.75, 3.05) is 12.8 Å². The average molecular weight is 412 g/mol. The maximum atomic E-state index is 12.1. The predicted octanol–water partition coefficient (Wildman–Crippen LogP) is 3.56. The maximum Gasteiger partial charge on any atom is 0.410 e. The summed E-state index contributed by atoms with van der Waals surface area (Å²) in [6.07, 6.45) is 0.374. The standard InChI is InChI=1S/C20H29NO6S/c1-12(2)18(24)26-19(13(3)4)27-20(25)21-11-15(17(22)23)9-14-7-6-8-16(10-14)28-5/h6-8,10,12-13,15,19H,9,11H2,1-5H3,(H,21,25)(H,22,23)/t15-,19-/m0/s1. The van der Waals surface area contributed by atoms with Crippen LogP contribution in [0.1, 0.15) is 33.3 Å². The number of carboxylic acids is 1. The topological polar surface area (TPSA) is 102 Å². The van der Waals surface area contributed by atoms with E-state index >= 15 is 0 Å². The molecule has 0 radical (unpaired) electrons.